The maximum atomic E-state index is 10.6. The van der Waals surface area contributed by atoms with Crippen LogP contribution >= 0.6 is 0 Å². The van der Waals surface area contributed by atoms with E-state index in [1.165, 1.54) is 0 Å². The average molecular weight is 386 g/mol. The lowest BCUT2D eigenvalue weighted by molar-refractivity contribution is 0.0568. The summed E-state index contributed by atoms with van der Waals surface area (Å²) in [7, 11) is 1.93. The quantitative estimate of drug-likeness (QED) is 0.866. The van der Waals surface area contributed by atoms with Gasteiger partial charge in [0, 0.05) is 51.0 Å². The van der Waals surface area contributed by atoms with Crippen LogP contribution in [0.4, 0.5) is 5.82 Å². The fourth-order valence-electron chi connectivity index (χ4n) is 4.11. The number of rotatable bonds is 4. The Morgan fingerprint density at radius 1 is 1.14 bits per heavy atom. The zero-order valence-electron chi connectivity index (χ0n) is 17.2. The molecule has 0 saturated carbocycles. The number of aryl methyl sites for hydroxylation is 1. The highest BCUT2D eigenvalue weighted by Crippen LogP contribution is 2.33. The minimum atomic E-state index is -0.911. The predicted octanol–water partition coefficient (Wildman–Crippen LogP) is 1.92. The average Bonchev–Trinajstić information content (AvgIpc) is 2.97. The number of aromatic nitrogens is 2. The fraction of sp³-hybridized carbons (Fsp3) is 0.571. The molecule has 2 aliphatic heterocycles. The molecule has 2 aromatic rings. The Labute approximate surface area is 166 Å². The van der Waals surface area contributed by atoms with E-state index < -0.39 is 5.60 Å². The fourth-order valence-corrected chi connectivity index (χ4v) is 4.11. The number of aliphatic hydroxyl groups is 1. The number of anilines is 1. The van der Waals surface area contributed by atoms with E-state index in [2.05, 4.69) is 14.9 Å². The van der Waals surface area contributed by atoms with Gasteiger partial charge >= 0.3 is 0 Å². The van der Waals surface area contributed by atoms with Crippen LogP contribution in [0.25, 0.3) is 0 Å². The molecule has 0 unspecified atom stereocenters. The number of ether oxygens (including phenoxy) is 2. The Hall–Kier alpha value is -2.25. The van der Waals surface area contributed by atoms with Crippen LogP contribution in [0.1, 0.15) is 25.1 Å². The molecule has 1 N–H and O–H groups in total. The highest BCUT2D eigenvalue weighted by atomic mass is 16.6. The smallest absolute Gasteiger partial charge is 0.161 e. The normalized spacial score (nSPS) is 20.5. The summed E-state index contributed by atoms with van der Waals surface area (Å²) in [5.74, 6) is 2.56. The third-order valence-electron chi connectivity index (χ3n) is 5.63. The maximum Gasteiger partial charge on any atom is 0.161 e. The third kappa shape index (κ3) is 3.69. The van der Waals surface area contributed by atoms with E-state index in [9.17, 15) is 5.11 Å². The van der Waals surface area contributed by atoms with Crippen LogP contribution in [0.15, 0.2) is 24.3 Å². The van der Waals surface area contributed by atoms with Gasteiger partial charge in [0.05, 0.1) is 5.60 Å². The molecule has 1 aromatic heterocycles. The first kappa shape index (κ1) is 19.1. The lowest BCUT2D eigenvalue weighted by Gasteiger charge is -2.38. The molecule has 0 spiro atoms. The summed E-state index contributed by atoms with van der Waals surface area (Å²) in [5.41, 5.74) is 1.02. The van der Waals surface area contributed by atoms with Crippen LogP contribution in [0.3, 0.4) is 0 Å². The van der Waals surface area contributed by atoms with E-state index in [-0.39, 0.29) is 6.10 Å². The van der Waals surface area contributed by atoms with Crippen LogP contribution in [-0.4, -0.2) is 65.2 Å². The molecule has 2 aliphatic rings. The zero-order chi connectivity index (χ0) is 19.9. The lowest BCUT2D eigenvalue weighted by Crippen LogP contribution is -2.51. The summed E-state index contributed by atoms with van der Waals surface area (Å²) in [6.07, 6.45) is 0.0467. The number of nitrogens with zero attached hydrogens (tertiary/aromatic N) is 4. The highest BCUT2D eigenvalue weighted by molar-refractivity contribution is 5.52. The van der Waals surface area contributed by atoms with E-state index >= 15 is 0 Å². The second kappa shape index (κ2) is 7.29. The van der Waals surface area contributed by atoms with E-state index in [0.29, 0.717) is 6.61 Å². The molecule has 0 radical (unpaired) electrons. The van der Waals surface area contributed by atoms with Crippen LogP contribution in [0.2, 0.25) is 0 Å². The van der Waals surface area contributed by atoms with Crippen molar-refractivity contribution in [1.82, 2.24) is 14.7 Å². The van der Waals surface area contributed by atoms with Gasteiger partial charge in [0.1, 0.15) is 12.7 Å². The SMILES string of the molecule is Cc1c(C(C)(C)O)c(N2CCN(C[C@H]3COc4ccccc4O3)CC2)nn1C. The minimum absolute atomic E-state index is 0.0467. The maximum absolute atomic E-state index is 10.6. The molecule has 7 nitrogen and oxygen atoms in total. The summed E-state index contributed by atoms with van der Waals surface area (Å²) in [4.78, 5) is 4.70. The molecule has 152 valence electrons. The van der Waals surface area contributed by atoms with Gasteiger partial charge in [-0.2, -0.15) is 5.10 Å². The first-order valence-electron chi connectivity index (χ1n) is 9.95. The number of piperazine rings is 1. The Bertz CT molecular complexity index is 835. The summed E-state index contributed by atoms with van der Waals surface area (Å²) < 4.78 is 13.8. The molecule has 3 heterocycles. The highest BCUT2D eigenvalue weighted by Gasteiger charge is 2.32. The Morgan fingerprint density at radius 2 is 1.82 bits per heavy atom. The summed E-state index contributed by atoms with van der Waals surface area (Å²) >= 11 is 0. The van der Waals surface area contributed by atoms with Crippen molar-refractivity contribution in [3.05, 3.63) is 35.5 Å². The Morgan fingerprint density at radius 3 is 2.50 bits per heavy atom. The molecule has 1 fully saturated rings. The van der Waals surface area contributed by atoms with Gasteiger partial charge in [0.25, 0.3) is 0 Å². The Kier molecular flexibility index (Phi) is 4.97. The molecule has 0 amide bonds. The number of fused-ring (bicyclic) bond motifs is 1. The van der Waals surface area contributed by atoms with Crippen LogP contribution in [0.5, 0.6) is 11.5 Å². The van der Waals surface area contributed by atoms with Gasteiger partial charge in [0.15, 0.2) is 17.3 Å². The molecule has 4 rings (SSSR count). The monoisotopic (exact) mass is 386 g/mol. The van der Waals surface area contributed by atoms with Crippen molar-refractivity contribution >= 4 is 5.82 Å². The molecule has 1 atom stereocenters. The number of para-hydroxylation sites is 2. The standard InChI is InChI=1S/C21H30N4O3/c1-15-19(21(2,3)26)20(22-23(15)4)25-11-9-24(10-12-25)13-16-14-27-17-7-5-6-8-18(17)28-16/h5-8,16,26H,9-14H2,1-4H3/t16-/m0/s1. The van der Waals surface area contributed by atoms with Crippen LogP contribution < -0.4 is 14.4 Å². The van der Waals surface area contributed by atoms with Gasteiger partial charge in [-0.15, -0.1) is 0 Å². The topological polar surface area (TPSA) is 63.0 Å². The predicted molar refractivity (Wildman–Crippen MR) is 108 cm³/mol. The van der Waals surface area contributed by atoms with Crippen molar-refractivity contribution in [1.29, 1.82) is 0 Å². The van der Waals surface area contributed by atoms with E-state index in [1.54, 1.807) is 0 Å². The summed E-state index contributed by atoms with van der Waals surface area (Å²) in [6.45, 7) is 10.7. The first-order chi connectivity index (χ1) is 13.3. The molecule has 1 saturated heterocycles. The Balaban J connectivity index is 1.38. The molecule has 28 heavy (non-hydrogen) atoms. The van der Waals surface area contributed by atoms with E-state index in [0.717, 1.165) is 61.3 Å². The van der Waals surface area contributed by atoms with Gasteiger partial charge in [-0.05, 0) is 32.9 Å². The molecule has 0 bridgehead atoms. The van der Waals surface area contributed by atoms with E-state index in [4.69, 9.17) is 9.47 Å². The molecular formula is C21H30N4O3. The van der Waals surface area contributed by atoms with Crippen molar-refractivity contribution in [2.75, 3.05) is 44.2 Å². The molecule has 7 heteroatoms. The summed E-state index contributed by atoms with van der Waals surface area (Å²) in [5, 5.41) is 15.3. The second-order valence-electron chi connectivity index (χ2n) is 8.25. The molecule has 1 aromatic carbocycles. The number of hydrogen-bond acceptors (Lipinski definition) is 6. The largest absolute Gasteiger partial charge is 0.486 e. The summed E-state index contributed by atoms with van der Waals surface area (Å²) in [6, 6.07) is 7.84. The number of hydrogen-bond donors (Lipinski definition) is 1. The third-order valence-corrected chi connectivity index (χ3v) is 5.63. The van der Waals surface area contributed by atoms with Gasteiger partial charge in [-0.3, -0.25) is 9.58 Å². The second-order valence-corrected chi connectivity index (χ2v) is 8.25. The van der Waals surface area contributed by atoms with Gasteiger partial charge in [0.2, 0.25) is 0 Å². The van der Waals surface area contributed by atoms with Crippen molar-refractivity contribution < 1.29 is 14.6 Å². The van der Waals surface area contributed by atoms with Gasteiger partial charge in [-0.1, -0.05) is 12.1 Å². The van der Waals surface area contributed by atoms with Crippen LogP contribution in [-0.2, 0) is 12.6 Å². The van der Waals surface area contributed by atoms with Crippen molar-refractivity contribution in [3.8, 4) is 11.5 Å². The number of benzene rings is 1. The van der Waals surface area contributed by atoms with Crippen molar-refractivity contribution in [2.24, 2.45) is 7.05 Å². The lowest BCUT2D eigenvalue weighted by atomic mass is 9.97. The molecule has 0 aliphatic carbocycles. The first-order valence-corrected chi connectivity index (χ1v) is 9.95. The van der Waals surface area contributed by atoms with Crippen molar-refractivity contribution in [2.45, 2.75) is 32.5 Å². The van der Waals surface area contributed by atoms with Gasteiger partial charge in [-0.25, -0.2) is 0 Å². The van der Waals surface area contributed by atoms with E-state index in [1.807, 2.05) is 56.8 Å². The van der Waals surface area contributed by atoms with Crippen molar-refractivity contribution in [3.63, 3.8) is 0 Å². The molecular weight excluding hydrogens is 356 g/mol. The minimum Gasteiger partial charge on any atom is -0.486 e. The van der Waals surface area contributed by atoms with Crippen LogP contribution in [0, 0.1) is 6.92 Å². The zero-order valence-corrected chi connectivity index (χ0v) is 17.2. The van der Waals surface area contributed by atoms with Gasteiger partial charge < -0.3 is 19.5 Å².